The molecule has 0 amide bonds. The molecule has 1 aromatic heterocycles. The first kappa shape index (κ1) is 11.9. The lowest BCUT2D eigenvalue weighted by Gasteiger charge is -2.05. The lowest BCUT2D eigenvalue weighted by molar-refractivity contribution is 0.630. The van der Waals surface area contributed by atoms with Crippen molar-refractivity contribution in [3.63, 3.8) is 0 Å². The van der Waals surface area contributed by atoms with E-state index in [1.54, 1.807) is 0 Å². The van der Waals surface area contributed by atoms with Gasteiger partial charge in [0, 0.05) is 17.1 Å². The number of hydrogen-bond donors (Lipinski definition) is 1. The predicted molar refractivity (Wildman–Crippen MR) is 75.0 cm³/mol. The average Bonchev–Trinajstić information content (AvgIpc) is 2.42. The molecule has 0 atom stereocenters. The average molecular weight is 274 g/mol. The van der Waals surface area contributed by atoms with E-state index in [9.17, 15) is 9.18 Å². The van der Waals surface area contributed by atoms with Gasteiger partial charge in [-0.3, -0.25) is 4.79 Å². The van der Waals surface area contributed by atoms with Crippen LogP contribution >= 0.6 is 11.6 Å². The van der Waals surface area contributed by atoms with Crippen molar-refractivity contribution in [1.29, 1.82) is 0 Å². The van der Waals surface area contributed by atoms with Gasteiger partial charge in [-0.25, -0.2) is 4.39 Å². The molecule has 3 aromatic rings. The number of fused-ring (bicyclic) bond motifs is 1. The summed E-state index contributed by atoms with van der Waals surface area (Å²) in [6, 6.07) is 13.5. The third kappa shape index (κ3) is 2.13. The fraction of sp³-hybridized carbons (Fsp3) is 0. The Hall–Kier alpha value is -2.13. The van der Waals surface area contributed by atoms with Crippen LogP contribution in [0.3, 0.4) is 0 Å². The van der Waals surface area contributed by atoms with Crippen LogP contribution in [0.25, 0.3) is 22.2 Å². The number of hydrogen-bond acceptors (Lipinski definition) is 1. The molecule has 0 bridgehead atoms. The standard InChI is InChI=1S/C15H9ClFNO/c16-11-6-10-14(7-12(11)17)18-13(8-15(10)19)9-4-2-1-3-5-9/h1-8H,(H,18,19). The number of H-pyrrole nitrogens is 1. The zero-order valence-electron chi connectivity index (χ0n) is 9.78. The Kier molecular flexibility index (Phi) is 2.84. The van der Waals surface area contributed by atoms with Gasteiger partial charge in [0.15, 0.2) is 5.43 Å². The van der Waals surface area contributed by atoms with Gasteiger partial charge in [0.05, 0.1) is 10.5 Å². The minimum absolute atomic E-state index is 0.0505. The summed E-state index contributed by atoms with van der Waals surface area (Å²) >= 11 is 5.69. The molecule has 1 heterocycles. The molecule has 0 fully saturated rings. The molecule has 2 aromatic carbocycles. The molecule has 0 unspecified atom stereocenters. The Bertz CT molecular complexity index is 811. The second kappa shape index (κ2) is 4.52. The van der Waals surface area contributed by atoms with Gasteiger partial charge in [0.25, 0.3) is 0 Å². The second-order valence-electron chi connectivity index (χ2n) is 4.23. The molecule has 3 rings (SSSR count). The van der Waals surface area contributed by atoms with Gasteiger partial charge < -0.3 is 4.98 Å². The lowest BCUT2D eigenvalue weighted by atomic mass is 10.1. The molecule has 0 saturated carbocycles. The monoisotopic (exact) mass is 273 g/mol. The van der Waals surface area contributed by atoms with E-state index in [1.807, 2.05) is 30.3 Å². The molecule has 0 radical (unpaired) electrons. The van der Waals surface area contributed by atoms with Crippen LogP contribution in [0.4, 0.5) is 4.39 Å². The third-order valence-corrected chi connectivity index (χ3v) is 3.25. The highest BCUT2D eigenvalue weighted by Crippen LogP contribution is 2.22. The van der Waals surface area contributed by atoms with E-state index in [-0.39, 0.29) is 10.5 Å². The molecule has 1 N–H and O–H groups in total. The molecule has 0 aliphatic heterocycles. The van der Waals surface area contributed by atoms with Gasteiger partial charge in [0.2, 0.25) is 0 Å². The minimum atomic E-state index is -0.546. The summed E-state index contributed by atoms with van der Waals surface area (Å²) in [6.07, 6.45) is 0. The topological polar surface area (TPSA) is 32.9 Å². The van der Waals surface area contributed by atoms with E-state index in [0.29, 0.717) is 16.6 Å². The summed E-state index contributed by atoms with van der Waals surface area (Å²) in [5.41, 5.74) is 1.78. The van der Waals surface area contributed by atoms with Crippen molar-refractivity contribution in [1.82, 2.24) is 4.98 Å². The van der Waals surface area contributed by atoms with Gasteiger partial charge in [-0.15, -0.1) is 0 Å². The summed E-state index contributed by atoms with van der Waals surface area (Å²) in [5, 5.41) is 0.330. The Balaban J connectivity index is 2.31. The number of aromatic amines is 1. The summed E-state index contributed by atoms with van der Waals surface area (Å²) in [5.74, 6) is -0.546. The number of benzene rings is 2. The zero-order chi connectivity index (χ0) is 13.4. The molecule has 0 saturated heterocycles. The van der Waals surface area contributed by atoms with Gasteiger partial charge in [0.1, 0.15) is 5.82 Å². The fourth-order valence-corrected chi connectivity index (χ4v) is 2.18. The van der Waals surface area contributed by atoms with Crippen molar-refractivity contribution < 1.29 is 4.39 Å². The zero-order valence-corrected chi connectivity index (χ0v) is 10.5. The van der Waals surface area contributed by atoms with Gasteiger partial charge >= 0.3 is 0 Å². The summed E-state index contributed by atoms with van der Waals surface area (Å²) in [4.78, 5) is 15.1. The Labute approximate surface area is 113 Å². The molecular formula is C15H9ClFNO. The first-order chi connectivity index (χ1) is 9.15. The molecule has 4 heteroatoms. The summed E-state index contributed by atoms with van der Waals surface area (Å²) in [6.45, 7) is 0. The van der Waals surface area contributed by atoms with E-state index in [4.69, 9.17) is 11.6 Å². The Morgan fingerprint density at radius 1 is 1.05 bits per heavy atom. The highest BCUT2D eigenvalue weighted by molar-refractivity contribution is 6.31. The van der Waals surface area contributed by atoms with Crippen molar-refractivity contribution in [3.05, 3.63) is 69.6 Å². The fourth-order valence-electron chi connectivity index (χ4n) is 2.02. The van der Waals surface area contributed by atoms with Gasteiger partial charge in [-0.05, 0) is 17.7 Å². The minimum Gasteiger partial charge on any atom is -0.354 e. The second-order valence-corrected chi connectivity index (χ2v) is 4.63. The largest absolute Gasteiger partial charge is 0.354 e. The van der Waals surface area contributed by atoms with E-state index < -0.39 is 5.82 Å². The van der Waals surface area contributed by atoms with Gasteiger partial charge in [-0.2, -0.15) is 0 Å². The van der Waals surface area contributed by atoms with E-state index in [2.05, 4.69) is 4.98 Å². The molecule has 94 valence electrons. The van der Waals surface area contributed by atoms with Crippen molar-refractivity contribution in [2.45, 2.75) is 0 Å². The molecular weight excluding hydrogens is 265 g/mol. The smallest absolute Gasteiger partial charge is 0.190 e. The lowest BCUT2D eigenvalue weighted by Crippen LogP contribution is -2.03. The predicted octanol–water partition coefficient (Wildman–Crippen LogP) is 3.99. The molecule has 0 aliphatic carbocycles. The molecule has 0 spiro atoms. The van der Waals surface area contributed by atoms with E-state index >= 15 is 0 Å². The number of rotatable bonds is 1. The van der Waals surface area contributed by atoms with Crippen LogP contribution in [0.15, 0.2) is 53.3 Å². The SMILES string of the molecule is O=c1cc(-c2ccccc2)[nH]c2cc(F)c(Cl)cc12. The highest BCUT2D eigenvalue weighted by Gasteiger charge is 2.08. The van der Waals surface area contributed by atoms with Gasteiger partial charge in [-0.1, -0.05) is 41.9 Å². The number of pyridine rings is 1. The number of aromatic nitrogens is 1. The summed E-state index contributed by atoms with van der Waals surface area (Å²) < 4.78 is 13.5. The Morgan fingerprint density at radius 3 is 2.53 bits per heavy atom. The maximum absolute atomic E-state index is 13.5. The molecule has 0 aliphatic rings. The molecule has 2 nitrogen and oxygen atoms in total. The Morgan fingerprint density at radius 2 is 1.79 bits per heavy atom. The van der Waals surface area contributed by atoms with Crippen molar-refractivity contribution >= 4 is 22.5 Å². The van der Waals surface area contributed by atoms with Crippen LogP contribution in [0, 0.1) is 5.82 Å². The number of nitrogens with one attached hydrogen (secondary N) is 1. The quantitative estimate of drug-likeness (QED) is 0.714. The third-order valence-electron chi connectivity index (χ3n) is 2.96. The maximum Gasteiger partial charge on any atom is 0.190 e. The van der Waals surface area contributed by atoms with E-state index in [0.717, 1.165) is 5.56 Å². The number of halogens is 2. The summed E-state index contributed by atoms with van der Waals surface area (Å²) in [7, 11) is 0. The first-order valence-corrected chi connectivity index (χ1v) is 6.10. The van der Waals surface area contributed by atoms with Crippen LogP contribution in [0.1, 0.15) is 0 Å². The van der Waals surface area contributed by atoms with Crippen LogP contribution in [-0.4, -0.2) is 4.98 Å². The van der Waals surface area contributed by atoms with Crippen LogP contribution < -0.4 is 5.43 Å². The van der Waals surface area contributed by atoms with Crippen LogP contribution in [0.5, 0.6) is 0 Å². The molecule has 19 heavy (non-hydrogen) atoms. The van der Waals surface area contributed by atoms with Crippen LogP contribution in [-0.2, 0) is 0 Å². The normalized spacial score (nSPS) is 10.8. The highest BCUT2D eigenvalue weighted by atomic mass is 35.5. The van der Waals surface area contributed by atoms with Crippen LogP contribution in [0.2, 0.25) is 5.02 Å². The van der Waals surface area contributed by atoms with Crippen molar-refractivity contribution in [2.24, 2.45) is 0 Å². The first-order valence-electron chi connectivity index (χ1n) is 5.72. The van der Waals surface area contributed by atoms with Crippen molar-refractivity contribution in [2.75, 3.05) is 0 Å². The van der Waals surface area contributed by atoms with E-state index in [1.165, 1.54) is 18.2 Å². The maximum atomic E-state index is 13.5. The van der Waals surface area contributed by atoms with Crippen molar-refractivity contribution in [3.8, 4) is 11.3 Å².